The van der Waals surface area contributed by atoms with E-state index in [1.165, 1.54) is 4.90 Å². The largest absolute Gasteiger partial charge is 0.479 e. The lowest BCUT2D eigenvalue weighted by Gasteiger charge is -2.23. The SMILES string of the molecule is O=C1CCN(c2c(F)cc(NC[C@@H](O)C(=O)O)cc2F)CCN1. The van der Waals surface area contributed by atoms with E-state index < -0.39 is 23.7 Å². The minimum absolute atomic E-state index is 0.0214. The van der Waals surface area contributed by atoms with Crippen molar-refractivity contribution in [3.05, 3.63) is 23.8 Å². The van der Waals surface area contributed by atoms with Crippen LogP contribution in [0, 0.1) is 11.6 Å². The van der Waals surface area contributed by atoms with Crippen LogP contribution in [0.3, 0.4) is 0 Å². The Bertz CT molecular complexity index is 589. The Morgan fingerprint density at radius 1 is 1.35 bits per heavy atom. The highest BCUT2D eigenvalue weighted by atomic mass is 19.1. The van der Waals surface area contributed by atoms with Gasteiger partial charge in [0.25, 0.3) is 0 Å². The van der Waals surface area contributed by atoms with Crippen molar-refractivity contribution in [2.24, 2.45) is 0 Å². The zero-order chi connectivity index (χ0) is 17.0. The number of halogens is 2. The molecule has 1 fully saturated rings. The van der Waals surface area contributed by atoms with Crippen molar-refractivity contribution in [1.82, 2.24) is 5.32 Å². The molecule has 7 nitrogen and oxygen atoms in total. The van der Waals surface area contributed by atoms with Crippen LogP contribution in [0.2, 0.25) is 0 Å². The van der Waals surface area contributed by atoms with E-state index in [1.54, 1.807) is 0 Å². The average Bonchev–Trinajstić information content (AvgIpc) is 2.69. The quantitative estimate of drug-likeness (QED) is 0.613. The number of hydrogen-bond donors (Lipinski definition) is 4. The third-order valence-corrected chi connectivity index (χ3v) is 3.43. The second kappa shape index (κ2) is 7.23. The predicted octanol–water partition coefficient (Wildman–Crippen LogP) is 0.149. The number of carboxylic acid groups (broad SMARTS) is 1. The lowest BCUT2D eigenvalue weighted by atomic mass is 10.2. The van der Waals surface area contributed by atoms with Crippen LogP contribution in [0.15, 0.2) is 12.1 Å². The summed E-state index contributed by atoms with van der Waals surface area (Å²) in [6.07, 6.45) is -1.53. The van der Waals surface area contributed by atoms with Crippen molar-refractivity contribution in [1.29, 1.82) is 0 Å². The standard InChI is InChI=1S/C14H17F2N3O4/c15-9-5-8(18-7-11(20)14(22)23)6-10(16)13(9)19-3-1-12(21)17-2-4-19/h5-6,11,18,20H,1-4,7H2,(H,17,21)(H,22,23)/t11-/m1/s1. The molecule has 0 spiro atoms. The first-order chi connectivity index (χ1) is 10.9. The molecule has 1 aromatic rings. The van der Waals surface area contributed by atoms with E-state index in [2.05, 4.69) is 10.6 Å². The molecule has 1 heterocycles. The molecular formula is C14H17F2N3O4. The predicted molar refractivity (Wildman–Crippen MR) is 78.3 cm³/mol. The number of nitrogens with zero attached hydrogens (tertiary/aromatic N) is 1. The fraction of sp³-hybridized carbons (Fsp3) is 0.429. The van der Waals surface area contributed by atoms with Crippen molar-refractivity contribution in [2.45, 2.75) is 12.5 Å². The van der Waals surface area contributed by atoms with Gasteiger partial charge in [-0.3, -0.25) is 4.79 Å². The monoisotopic (exact) mass is 329 g/mol. The van der Waals surface area contributed by atoms with Crippen molar-refractivity contribution in [2.75, 3.05) is 36.4 Å². The Morgan fingerprint density at radius 3 is 2.61 bits per heavy atom. The molecule has 1 amide bonds. The lowest BCUT2D eigenvalue weighted by molar-refractivity contribution is -0.145. The van der Waals surface area contributed by atoms with Gasteiger partial charge in [0.2, 0.25) is 5.91 Å². The van der Waals surface area contributed by atoms with Crippen LogP contribution in [-0.2, 0) is 9.59 Å². The number of carbonyl (C=O) groups is 2. The van der Waals surface area contributed by atoms with Gasteiger partial charge in [-0.05, 0) is 12.1 Å². The van der Waals surface area contributed by atoms with Gasteiger partial charge in [-0.2, -0.15) is 0 Å². The van der Waals surface area contributed by atoms with Crippen molar-refractivity contribution in [3.8, 4) is 0 Å². The molecule has 126 valence electrons. The van der Waals surface area contributed by atoms with Gasteiger partial charge in [0.1, 0.15) is 5.69 Å². The Kier molecular flexibility index (Phi) is 5.32. The normalized spacial score (nSPS) is 16.5. The van der Waals surface area contributed by atoms with Gasteiger partial charge >= 0.3 is 5.97 Å². The first kappa shape index (κ1) is 16.9. The van der Waals surface area contributed by atoms with Crippen molar-refractivity contribution < 1.29 is 28.6 Å². The zero-order valence-corrected chi connectivity index (χ0v) is 12.2. The lowest BCUT2D eigenvalue weighted by Crippen LogP contribution is -2.30. The molecule has 1 aliphatic rings. The Morgan fingerprint density at radius 2 is 2.00 bits per heavy atom. The van der Waals surface area contributed by atoms with E-state index in [1.807, 2.05) is 0 Å². The molecule has 2 rings (SSSR count). The van der Waals surface area contributed by atoms with Gasteiger partial charge in [-0.1, -0.05) is 0 Å². The number of carbonyl (C=O) groups excluding carboxylic acids is 1. The molecule has 1 aromatic carbocycles. The number of aliphatic hydroxyl groups excluding tert-OH is 1. The summed E-state index contributed by atoms with van der Waals surface area (Å²) in [5.74, 6) is -3.26. The van der Waals surface area contributed by atoms with Gasteiger partial charge in [0.05, 0.1) is 6.54 Å². The number of amides is 1. The second-order valence-corrected chi connectivity index (χ2v) is 5.11. The maximum atomic E-state index is 14.2. The minimum Gasteiger partial charge on any atom is -0.479 e. The topological polar surface area (TPSA) is 102 Å². The molecule has 9 heteroatoms. The highest BCUT2D eigenvalue weighted by molar-refractivity contribution is 5.77. The first-order valence-electron chi connectivity index (χ1n) is 7.04. The molecule has 0 unspecified atom stereocenters. The molecular weight excluding hydrogens is 312 g/mol. The van der Waals surface area contributed by atoms with Crippen LogP contribution < -0.4 is 15.5 Å². The molecule has 0 bridgehead atoms. The highest BCUT2D eigenvalue weighted by Gasteiger charge is 2.21. The molecule has 0 aromatic heterocycles. The van der Waals surface area contributed by atoms with Gasteiger partial charge in [0, 0.05) is 31.7 Å². The summed E-state index contributed by atoms with van der Waals surface area (Å²) in [5, 5.41) is 22.8. The van der Waals surface area contributed by atoms with Gasteiger partial charge in [0.15, 0.2) is 17.7 Å². The fourth-order valence-corrected chi connectivity index (χ4v) is 2.26. The fourth-order valence-electron chi connectivity index (χ4n) is 2.26. The smallest absolute Gasteiger partial charge is 0.334 e. The third kappa shape index (κ3) is 4.28. The number of aliphatic hydroxyl groups is 1. The van der Waals surface area contributed by atoms with Crippen LogP contribution in [0.1, 0.15) is 6.42 Å². The van der Waals surface area contributed by atoms with Crippen LogP contribution in [0.5, 0.6) is 0 Å². The molecule has 4 N–H and O–H groups in total. The number of aliphatic carboxylic acids is 1. The molecule has 1 atom stereocenters. The summed E-state index contributed by atoms with van der Waals surface area (Å²) in [6, 6.07) is 2.04. The van der Waals surface area contributed by atoms with Crippen LogP contribution in [-0.4, -0.2) is 54.4 Å². The van der Waals surface area contributed by atoms with E-state index in [0.29, 0.717) is 6.54 Å². The van der Waals surface area contributed by atoms with Crippen molar-refractivity contribution in [3.63, 3.8) is 0 Å². The summed E-state index contributed by atoms with van der Waals surface area (Å²) in [7, 11) is 0. The number of benzene rings is 1. The Labute approximate surface area is 130 Å². The average molecular weight is 329 g/mol. The molecule has 1 aliphatic heterocycles. The molecule has 0 radical (unpaired) electrons. The van der Waals surface area contributed by atoms with Gasteiger partial charge in [-0.15, -0.1) is 0 Å². The zero-order valence-electron chi connectivity index (χ0n) is 12.2. The van der Waals surface area contributed by atoms with E-state index in [0.717, 1.165) is 12.1 Å². The molecule has 0 aliphatic carbocycles. The Hall–Kier alpha value is -2.42. The molecule has 1 saturated heterocycles. The van der Waals surface area contributed by atoms with E-state index in [9.17, 15) is 18.4 Å². The number of nitrogens with one attached hydrogen (secondary N) is 2. The van der Waals surface area contributed by atoms with Gasteiger partial charge < -0.3 is 25.7 Å². The highest BCUT2D eigenvalue weighted by Crippen LogP contribution is 2.27. The van der Waals surface area contributed by atoms with Crippen LogP contribution >= 0.6 is 0 Å². The second-order valence-electron chi connectivity index (χ2n) is 5.11. The maximum Gasteiger partial charge on any atom is 0.334 e. The third-order valence-electron chi connectivity index (χ3n) is 3.43. The maximum absolute atomic E-state index is 14.2. The summed E-state index contributed by atoms with van der Waals surface area (Å²) in [6.45, 7) is 0.395. The van der Waals surface area contributed by atoms with Crippen LogP contribution in [0.25, 0.3) is 0 Å². The molecule has 23 heavy (non-hydrogen) atoms. The number of rotatable bonds is 5. The Balaban J connectivity index is 2.13. The number of anilines is 2. The summed E-state index contributed by atoms with van der Waals surface area (Å²) < 4.78 is 28.4. The number of carboxylic acids is 1. The minimum atomic E-state index is -1.68. The summed E-state index contributed by atoms with van der Waals surface area (Å²) >= 11 is 0. The summed E-state index contributed by atoms with van der Waals surface area (Å²) in [4.78, 5) is 23.2. The van der Waals surface area contributed by atoms with E-state index in [4.69, 9.17) is 10.2 Å². The van der Waals surface area contributed by atoms with Crippen LogP contribution in [0.4, 0.5) is 20.2 Å². The van der Waals surface area contributed by atoms with E-state index in [-0.39, 0.29) is 43.3 Å². The molecule has 0 saturated carbocycles. The van der Waals surface area contributed by atoms with E-state index >= 15 is 0 Å². The summed E-state index contributed by atoms with van der Waals surface area (Å²) in [5.41, 5.74) is -0.209. The van der Waals surface area contributed by atoms with Gasteiger partial charge in [-0.25, -0.2) is 13.6 Å². The number of hydrogen-bond acceptors (Lipinski definition) is 5. The van der Waals surface area contributed by atoms with Crippen molar-refractivity contribution >= 4 is 23.3 Å². The first-order valence-corrected chi connectivity index (χ1v) is 7.04.